The topological polar surface area (TPSA) is 76.3 Å². The SMILES string of the molecule is CCCCn1nc(C(=O)N/N=C\C=C\c2ccccc2)c2ccccc2c1=O. The lowest BCUT2D eigenvalue weighted by Crippen LogP contribution is -2.29. The first-order valence-electron chi connectivity index (χ1n) is 9.25. The summed E-state index contributed by atoms with van der Waals surface area (Å²) in [5, 5.41) is 9.23. The Kier molecular flexibility index (Phi) is 6.46. The van der Waals surface area contributed by atoms with E-state index in [2.05, 4.69) is 15.6 Å². The van der Waals surface area contributed by atoms with Crippen molar-refractivity contribution in [2.45, 2.75) is 26.3 Å². The summed E-state index contributed by atoms with van der Waals surface area (Å²) in [4.78, 5) is 25.2. The van der Waals surface area contributed by atoms with E-state index in [-0.39, 0.29) is 11.3 Å². The summed E-state index contributed by atoms with van der Waals surface area (Å²) in [6.45, 7) is 2.51. The highest BCUT2D eigenvalue weighted by molar-refractivity contribution is 6.04. The predicted molar refractivity (Wildman–Crippen MR) is 112 cm³/mol. The van der Waals surface area contributed by atoms with Crippen molar-refractivity contribution in [1.29, 1.82) is 0 Å². The van der Waals surface area contributed by atoms with Gasteiger partial charge in [0.1, 0.15) is 0 Å². The molecule has 0 aliphatic carbocycles. The molecule has 2 aromatic carbocycles. The van der Waals surface area contributed by atoms with Crippen LogP contribution in [0.3, 0.4) is 0 Å². The molecule has 1 heterocycles. The molecule has 6 heteroatoms. The maximum Gasteiger partial charge on any atom is 0.292 e. The fraction of sp³-hybridized carbons (Fsp3) is 0.182. The third-order valence-corrected chi connectivity index (χ3v) is 4.22. The molecule has 1 aromatic heterocycles. The van der Waals surface area contributed by atoms with E-state index in [4.69, 9.17) is 0 Å². The van der Waals surface area contributed by atoms with E-state index in [0.29, 0.717) is 17.3 Å². The van der Waals surface area contributed by atoms with Gasteiger partial charge in [-0.05, 0) is 24.1 Å². The molecule has 3 aromatic rings. The molecule has 142 valence electrons. The Morgan fingerprint density at radius 3 is 2.57 bits per heavy atom. The average molecular weight is 374 g/mol. The minimum Gasteiger partial charge on any atom is -0.267 e. The Balaban J connectivity index is 1.80. The first-order chi connectivity index (χ1) is 13.7. The van der Waals surface area contributed by atoms with Crippen LogP contribution >= 0.6 is 0 Å². The quantitative estimate of drug-likeness (QED) is 0.507. The molecular formula is C22H22N4O2. The molecule has 1 N–H and O–H groups in total. The molecule has 28 heavy (non-hydrogen) atoms. The molecule has 0 atom stereocenters. The molecule has 6 nitrogen and oxygen atoms in total. The van der Waals surface area contributed by atoms with Crippen LogP contribution in [0.15, 0.2) is 70.6 Å². The number of carbonyl (C=O) groups excluding carboxylic acids is 1. The highest BCUT2D eigenvalue weighted by Crippen LogP contribution is 2.13. The van der Waals surface area contributed by atoms with Crippen LogP contribution in [0, 0.1) is 0 Å². The number of nitrogens with zero attached hydrogens (tertiary/aromatic N) is 3. The average Bonchev–Trinajstić information content (AvgIpc) is 2.74. The third kappa shape index (κ3) is 4.59. The standard InChI is InChI=1S/C22H22N4O2/c1-2-3-16-26-22(28)19-14-8-7-13-18(19)20(25-26)21(27)24-23-15-9-12-17-10-5-4-6-11-17/h4-15H,2-3,16H2,1H3,(H,24,27)/b12-9+,23-15-. The van der Waals surface area contributed by atoms with E-state index >= 15 is 0 Å². The summed E-state index contributed by atoms with van der Waals surface area (Å²) in [5.41, 5.74) is 3.52. The fourth-order valence-corrected chi connectivity index (χ4v) is 2.77. The summed E-state index contributed by atoms with van der Waals surface area (Å²) in [6, 6.07) is 16.8. The summed E-state index contributed by atoms with van der Waals surface area (Å²) in [5.74, 6) is -0.453. The second-order valence-electron chi connectivity index (χ2n) is 6.26. The molecule has 0 unspecified atom stereocenters. The van der Waals surface area contributed by atoms with Gasteiger partial charge in [-0.25, -0.2) is 10.1 Å². The largest absolute Gasteiger partial charge is 0.292 e. The maximum atomic E-state index is 12.6. The van der Waals surface area contributed by atoms with Crippen molar-refractivity contribution < 1.29 is 4.79 Å². The van der Waals surface area contributed by atoms with Crippen molar-refractivity contribution in [3.8, 4) is 0 Å². The number of hydrogen-bond donors (Lipinski definition) is 1. The van der Waals surface area contributed by atoms with E-state index in [1.807, 2.05) is 43.3 Å². The van der Waals surface area contributed by atoms with Crippen molar-refractivity contribution in [3.63, 3.8) is 0 Å². The van der Waals surface area contributed by atoms with E-state index in [9.17, 15) is 9.59 Å². The molecule has 0 aliphatic rings. The number of rotatable bonds is 7. The molecule has 0 radical (unpaired) electrons. The zero-order valence-corrected chi connectivity index (χ0v) is 15.7. The summed E-state index contributed by atoms with van der Waals surface area (Å²) in [6.07, 6.45) is 6.87. The lowest BCUT2D eigenvalue weighted by molar-refractivity contribution is 0.0949. The molecular weight excluding hydrogens is 352 g/mol. The molecule has 0 aliphatic heterocycles. The normalized spacial score (nSPS) is 11.5. The van der Waals surface area contributed by atoms with E-state index in [0.717, 1.165) is 18.4 Å². The zero-order valence-electron chi connectivity index (χ0n) is 15.7. The van der Waals surface area contributed by atoms with Gasteiger partial charge in [0.05, 0.1) is 5.39 Å². The van der Waals surface area contributed by atoms with E-state index < -0.39 is 5.91 Å². The van der Waals surface area contributed by atoms with Gasteiger partial charge in [-0.15, -0.1) is 0 Å². The minimum absolute atomic E-state index is 0.185. The fourth-order valence-electron chi connectivity index (χ4n) is 2.77. The first-order valence-corrected chi connectivity index (χ1v) is 9.25. The number of aryl methyl sites for hydroxylation is 1. The second-order valence-corrected chi connectivity index (χ2v) is 6.26. The van der Waals surface area contributed by atoms with Crippen LogP contribution in [0.5, 0.6) is 0 Å². The van der Waals surface area contributed by atoms with Crippen LogP contribution in [-0.4, -0.2) is 21.9 Å². The minimum atomic E-state index is -0.453. The number of fused-ring (bicyclic) bond motifs is 1. The van der Waals surface area contributed by atoms with Gasteiger partial charge < -0.3 is 0 Å². The Hall–Kier alpha value is -3.54. The van der Waals surface area contributed by atoms with Crippen LogP contribution in [0.4, 0.5) is 0 Å². The number of allylic oxidation sites excluding steroid dienone is 1. The number of amides is 1. The van der Waals surface area contributed by atoms with Crippen molar-refractivity contribution in [2.24, 2.45) is 5.10 Å². The monoisotopic (exact) mass is 374 g/mol. The van der Waals surface area contributed by atoms with Crippen molar-refractivity contribution >= 4 is 29.0 Å². The van der Waals surface area contributed by atoms with Gasteiger partial charge in [-0.2, -0.15) is 10.2 Å². The van der Waals surface area contributed by atoms with Crippen molar-refractivity contribution in [1.82, 2.24) is 15.2 Å². The highest BCUT2D eigenvalue weighted by atomic mass is 16.2. The second kappa shape index (κ2) is 9.41. The van der Waals surface area contributed by atoms with Gasteiger partial charge in [0.15, 0.2) is 5.69 Å². The Labute approximate surface area is 163 Å². The van der Waals surface area contributed by atoms with Gasteiger partial charge in [0.2, 0.25) is 0 Å². The number of benzene rings is 2. The molecule has 1 amide bonds. The van der Waals surface area contributed by atoms with Crippen molar-refractivity contribution in [3.05, 3.63) is 82.3 Å². The first kappa shape index (κ1) is 19.2. The summed E-state index contributed by atoms with van der Waals surface area (Å²) in [7, 11) is 0. The van der Waals surface area contributed by atoms with Crippen molar-refractivity contribution in [2.75, 3.05) is 0 Å². The number of hydrazone groups is 1. The Bertz CT molecular complexity index is 1070. The van der Waals surface area contributed by atoms with Crippen LogP contribution in [0.25, 0.3) is 16.8 Å². The van der Waals surface area contributed by atoms with Gasteiger partial charge in [0.25, 0.3) is 11.5 Å². The molecule has 0 spiro atoms. The van der Waals surface area contributed by atoms with Crippen LogP contribution in [0.1, 0.15) is 35.8 Å². The number of nitrogens with one attached hydrogen (secondary N) is 1. The predicted octanol–water partition coefficient (Wildman–Crippen LogP) is 3.63. The van der Waals surface area contributed by atoms with Crippen LogP contribution < -0.4 is 11.0 Å². The summed E-state index contributed by atoms with van der Waals surface area (Å²) >= 11 is 0. The number of carbonyl (C=O) groups is 1. The molecule has 0 saturated heterocycles. The lowest BCUT2D eigenvalue weighted by Gasteiger charge is -2.09. The highest BCUT2D eigenvalue weighted by Gasteiger charge is 2.15. The number of unbranched alkanes of at least 4 members (excludes halogenated alkanes) is 1. The van der Waals surface area contributed by atoms with E-state index in [1.54, 1.807) is 30.3 Å². The van der Waals surface area contributed by atoms with E-state index in [1.165, 1.54) is 10.9 Å². The summed E-state index contributed by atoms with van der Waals surface area (Å²) < 4.78 is 1.36. The number of hydrogen-bond acceptors (Lipinski definition) is 4. The third-order valence-electron chi connectivity index (χ3n) is 4.22. The Morgan fingerprint density at radius 2 is 1.82 bits per heavy atom. The number of aromatic nitrogens is 2. The van der Waals surface area contributed by atoms with Crippen LogP contribution in [0.2, 0.25) is 0 Å². The molecule has 0 bridgehead atoms. The molecule has 0 fully saturated rings. The van der Waals surface area contributed by atoms with Gasteiger partial charge in [0, 0.05) is 18.1 Å². The van der Waals surface area contributed by atoms with Gasteiger partial charge in [-0.3, -0.25) is 9.59 Å². The Morgan fingerprint density at radius 1 is 1.11 bits per heavy atom. The molecule has 0 saturated carbocycles. The lowest BCUT2D eigenvalue weighted by atomic mass is 10.1. The van der Waals surface area contributed by atoms with Gasteiger partial charge in [-0.1, -0.05) is 68.0 Å². The smallest absolute Gasteiger partial charge is 0.267 e. The van der Waals surface area contributed by atoms with Crippen LogP contribution in [-0.2, 0) is 6.54 Å². The van der Waals surface area contributed by atoms with Gasteiger partial charge >= 0.3 is 0 Å². The zero-order chi connectivity index (χ0) is 19.8. The maximum absolute atomic E-state index is 12.6. The molecule has 3 rings (SSSR count).